The molecule has 1 aliphatic heterocycles. The van der Waals surface area contributed by atoms with Crippen LogP contribution in [-0.2, 0) is 0 Å². The lowest BCUT2D eigenvalue weighted by molar-refractivity contribution is 0.254. The second-order valence-corrected chi connectivity index (χ2v) is 7.42. The highest BCUT2D eigenvalue weighted by atomic mass is 32.2. The number of thioether (sulfide) groups is 1. The molecule has 92 valence electrons. The molecule has 0 amide bonds. The summed E-state index contributed by atoms with van der Waals surface area (Å²) in [5.41, 5.74) is 0. The Morgan fingerprint density at radius 1 is 1.25 bits per heavy atom. The monoisotopic (exact) mass is 239 g/mol. The summed E-state index contributed by atoms with van der Waals surface area (Å²) >= 11 is 2.14. The Morgan fingerprint density at radius 3 is 2.81 bits per heavy atom. The summed E-state index contributed by atoms with van der Waals surface area (Å²) in [4.78, 5) is 0. The first-order valence-corrected chi connectivity index (χ1v) is 8.29. The largest absolute Gasteiger partial charge is 0.314 e. The molecule has 1 N–H and O–H groups in total. The highest BCUT2D eigenvalue weighted by molar-refractivity contribution is 7.99. The molecule has 2 bridgehead atoms. The van der Waals surface area contributed by atoms with Crippen LogP contribution in [0.2, 0.25) is 0 Å². The minimum absolute atomic E-state index is 0.779. The average molecular weight is 239 g/mol. The minimum atomic E-state index is 0.779. The van der Waals surface area contributed by atoms with Crippen LogP contribution in [0.3, 0.4) is 0 Å². The predicted octanol–water partition coefficient (Wildman–Crippen LogP) is 3.15. The van der Waals surface area contributed by atoms with Gasteiger partial charge in [0.1, 0.15) is 0 Å². The third-order valence-electron chi connectivity index (χ3n) is 5.19. The summed E-state index contributed by atoms with van der Waals surface area (Å²) in [6, 6.07) is 0.779. The summed E-state index contributed by atoms with van der Waals surface area (Å²) in [7, 11) is 0. The fourth-order valence-electron chi connectivity index (χ4n) is 4.15. The van der Waals surface area contributed by atoms with Crippen LogP contribution in [0, 0.1) is 23.7 Å². The van der Waals surface area contributed by atoms with Gasteiger partial charge in [-0.25, -0.2) is 0 Å². The van der Waals surface area contributed by atoms with Crippen molar-refractivity contribution in [2.24, 2.45) is 23.7 Å². The van der Waals surface area contributed by atoms with Gasteiger partial charge >= 0.3 is 0 Å². The SMILES string of the molecule is CC(NCC1CCSC1)C1CC2CCC1C2. The van der Waals surface area contributed by atoms with Crippen LogP contribution in [0.4, 0.5) is 0 Å². The van der Waals surface area contributed by atoms with Crippen molar-refractivity contribution in [1.29, 1.82) is 0 Å². The molecule has 1 heterocycles. The molecule has 1 saturated heterocycles. The van der Waals surface area contributed by atoms with E-state index in [2.05, 4.69) is 24.0 Å². The van der Waals surface area contributed by atoms with E-state index in [0.717, 1.165) is 29.7 Å². The molecule has 16 heavy (non-hydrogen) atoms. The van der Waals surface area contributed by atoms with Gasteiger partial charge < -0.3 is 5.32 Å². The Balaban J connectivity index is 1.44. The minimum Gasteiger partial charge on any atom is -0.314 e. The fraction of sp³-hybridized carbons (Fsp3) is 1.00. The maximum Gasteiger partial charge on any atom is 0.00698 e. The predicted molar refractivity (Wildman–Crippen MR) is 71.8 cm³/mol. The van der Waals surface area contributed by atoms with Crippen LogP contribution >= 0.6 is 11.8 Å². The van der Waals surface area contributed by atoms with E-state index in [-0.39, 0.29) is 0 Å². The van der Waals surface area contributed by atoms with Crippen molar-refractivity contribution in [3.8, 4) is 0 Å². The lowest BCUT2D eigenvalue weighted by atomic mass is 9.84. The van der Waals surface area contributed by atoms with Crippen molar-refractivity contribution in [2.75, 3.05) is 18.1 Å². The van der Waals surface area contributed by atoms with Gasteiger partial charge in [0.2, 0.25) is 0 Å². The van der Waals surface area contributed by atoms with E-state index >= 15 is 0 Å². The highest BCUT2D eigenvalue weighted by Gasteiger charge is 2.41. The zero-order valence-electron chi connectivity index (χ0n) is 10.5. The smallest absolute Gasteiger partial charge is 0.00698 e. The first-order valence-electron chi connectivity index (χ1n) is 7.14. The van der Waals surface area contributed by atoms with Crippen LogP contribution in [0.25, 0.3) is 0 Å². The molecular formula is C14H25NS. The van der Waals surface area contributed by atoms with Gasteiger partial charge in [-0.2, -0.15) is 11.8 Å². The zero-order chi connectivity index (χ0) is 11.0. The quantitative estimate of drug-likeness (QED) is 0.809. The fourth-order valence-corrected chi connectivity index (χ4v) is 5.44. The van der Waals surface area contributed by atoms with E-state index < -0.39 is 0 Å². The van der Waals surface area contributed by atoms with Crippen molar-refractivity contribution in [1.82, 2.24) is 5.32 Å². The van der Waals surface area contributed by atoms with Gasteiger partial charge in [-0.15, -0.1) is 0 Å². The first kappa shape index (κ1) is 11.4. The van der Waals surface area contributed by atoms with Gasteiger partial charge in [-0.1, -0.05) is 6.42 Å². The Bertz CT molecular complexity index is 237. The van der Waals surface area contributed by atoms with Crippen molar-refractivity contribution in [3.63, 3.8) is 0 Å². The third-order valence-corrected chi connectivity index (χ3v) is 6.42. The molecule has 0 spiro atoms. The standard InChI is InChI=1S/C14H25NS/c1-10(15-8-12-4-5-16-9-12)14-7-11-2-3-13(14)6-11/h10-15H,2-9H2,1H3. The molecule has 3 fully saturated rings. The van der Waals surface area contributed by atoms with Crippen LogP contribution < -0.4 is 5.32 Å². The molecule has 0 aromatic rings. The van der Waals surface area contributed by atoms with E-state index in [1.54, 1.807) is 6.42 Å². The van der Waals surface area contributed by atoms with Crippen LogP contribution in [-0.4, -0.2) is 24.1 Å². The van der Waals surface area contributed by atoms with E-state index in [0.29, 0.717) is 0 Å². The Hall–Kier alpha value is 0.310. The molecule has 2 saturated carbocycles. The van der Waals surface area contributed by atoms with Crippen molar-refractivity contribution in [3.05, 3.63) is 0 Å². The Kier molecular flexibility index (Phi) is 3.49. The average Bonchev–Trinajstić information content (AvgIpc) is 3.01. The van der Waals surface area contributed by atoms with Crippen molar-refractivity contribution < 1.29 is 0 Å². The zero-order valence-corrected chi connectivity index (χ0v) is 11.3. The molecule has 2 aliphatic carbocycles. The van der Waals surface area contributed by atoms with Crippen LogP contribution in [0.5, 0.6) is 0 Å². The summed E-state index contributed by atoms with van der Waals surface area (Å²) in [6.45, 7) is 3.72. The number of hydrogen-bond donors (Lipinski definition) is 1. The number of rotatable bonds is 4. The topological polar surface area (TPSA) is 12.0 Å². The van der Waals surface area contributed by atoms with E-state index in [1.165, 1.54) is 43.7 Å². The van der Waals surface area contributed by atoms with Crippen molar-refractivity contribution >= 4 is 11.8 Å². The Labute approximate surface area is 104 Å². The lowest BCUT2D eigenvalue weighted by Crippen LogP contribution is -2.38. The number of fused-ring (bicyclic) bond motifs is 2. The number of nitrogens with one attached hydrogen (secondary N) is 1. The first-order chi connectivity index (χ1) is 7.83. The van der Waals surface area contributed by atoms with Crippen molar-refractivity contribution in [2.45, 2.75) is 45.1 Å². The Morgan fingerprint density at radius 2 is 2.19 bits per heavy atom. The maximum atomic E-state index is 3.84. The van der Waals surface area contributed by atoms with E-state index in [1.807, 2.05) is 0 Å². The molecule has 5 atom stereocenters. The van der Waals surface area contributed by atoms with Gasteiger partial charge in [0.05, 0.1) is 0 Å². The summed E-state index contributed by atoms with van der Waals surface area (Å²) in [5.74, 6) is 6.94. The molecule has 0 aromatic carbocycles. The molecule has 3 aliphatic rings. The van der Waals surface area contributed by atoms with Crippen LogP contribution in [0.15, 0.2) is 0 Å². The lowest BCUT2D eigenvalue weighted by Gasteiger charge is -2.29. The molecule has 1 nitrogen and oxygen atoms in total. The van der Waals surface area contributed by atoms with Gasteiger partial charge in [0.15, 0.2) is 0 Å². The second-order valence-electron chi connectivity index (χ2n) is 6.27. The molecule has 0 aromatic heterocycles. The summed E-state index contributed by atoms with van der Waals surface area (Å²) in [5, 5.41) is 3.84. The molecule has 3 rings (SSSR count). The molecular weight excluding hydrogens is 214 g/mol. The van der Waals surface area contributed by atoms with E-state index in [9.17, 15) is 0 Å². The van der Waals surface area contributed by atoms with Crippen LogP contribution in [0.1, 0.15) is 39.0 Å². The maximum absolute atomic E-state index is 3.84. The van der Waals surface area contributed by atoms with E-state index in [4.69, 9.17) is 0 Å². The summed E-state index contributed by atoms with van der Waals surface area (Å²) < 4.78 is 0. The normalized spacial score (nSPS) is 44.1. The third kappa shape index (κ3) is 2.28. The van der Waals surface area contributed by atoms with Gasteiger partial charge in [0, 0.05) is 6.04 Å². The number of hydrogen-bond acceptors (Lipinski definition) is 2. The highest BCUT2D eigenvalue weighted by Crippen LogP contribution is 2.49. The molecule has 2 heteroatoms. The van der Waals surface area contributed by atoms with Gasteiger partial charge in [-0.05, 0) is 74.3 Å². The van der Waals surface area contributed by atoms with Gasteiger partial charge in [-0.3, -0.25) is 0 Å². The molecule has 0 radical (unpaired) electrons. The molecule has 5 unspecified atom stereocenters. The van der Waals surface area contributed by atoms with Gasteiger partial charge in [0.25, 0.3) is 0 Å². The second kappa shape index (κ2) is 4.89. The summed E-state index contributed by atoms with van der Waals surface area (Å²) in [6.07, 6.45) is 7.59.